The Kier molecular flexibility index (Phi) is 4.86. The van der Waals surface area contributed by atoms with Gasteiger partial charge in [-0.3, -0.25) is 14.2 Å². The molecule has 2 heterocycles. The van der Waals surface area contributed by atoms with Crippen molar-refractivity contribution in [3.63, 3.8) is 0 Å². The predicted octanol–water partition coefficient (Wildman–Crippen LogP) is 4.58. The van der Waals surface area contributed by atoms with Crippen LogP contribution in [0.25, 0.3) is 10.2 Å². The number of carbonyl (C=O) groups is 1. The van der Waals surface area contributed by atoms with Gasteiger partial charge < -0.3 is 5.32 Å². The highest BCUT2D eigenvalue weighted by molar-refractivity contribution is 7.18. The molecule has 130 valence electrons. The third-order valence-corrected chi connectivity index (χ3v) is 5.59. The van der Waals surface area contributed by atoms with Crippen molar-refractivity contribution in [1.29, 1.82) is 0 Å². The Morgan fingerprint density at radius 3 is 2.52 bits per heavy atom. The number of anilines is 1. The zero-order valence-corrected chi connectivity index (χ0v) is 16.1. The van der Waals surface area contributed by atoms with Gasteiger partial charge in [-0.2, -0.15) is 0 Å². The van der Waals surface area contributed by atoms with E-state index in [1.54, 1.807) is 25.1 Å². The number of hydrogen-bond acceptors (Lipinski definition) is 4. The van der Waals surface area contributed by atoms with E-state index in [0.717, 1.165) is 10.4 Å². The fourth-order valence-electron chi connectivity index (χ4n) is 2.52. The molecular weight excluding hydrogens is 381 g/mol. The number of aromatic nitrogens is 2. The number of rotatable bonds is 3. The van der Waals surface area contributed by atoms with E-state index >= 15 is 0 Å². The van der Waals surface area contributed by atoms with Gasteiger partial charge in [-0.25, -0.2) is 4.98 Å². The highest BCUT2D eigenvalue weighted by atomic mass is 35.5. The summed E-state index contributed by atoms with van der Waals surface area (Å²) in [6.07, 6.45) is 1.41. The molecule has 25 heavy (non-hydrogen) atoms. The van der Waals surface area contributed by atoms with Gasteiger partial charge in [-0.05, 0) is 44.5 Å². The van der Waals surface area contributed by atoms with E-state index in [4.69, 9.17) is 23.2 Å². The molecule has 3 rings (SSSR count). The smallest absolute Gasteiger partial charge is 0.263 e. The van der Waals surface area contributed by atoms with Crippen molar-refractivity contribution in [3.05, 3.63) is 55.4 Å². The van der Waals surface area contributed by atoms with Gasteiger partial charge in [0.25, 0.3) is 5.56 Å². The number of thiophene rings is 1. The van der Waals surface area contributed by atoms with Crippen LogP contribution in [0.15, 0.2) is 29.3 Å². The molecule has 0 fully saturated rings. The highest BCUT2D eigenvalue weighted by Crippen LogP contribution is 2.26. The van der Waals surface area contributed by atoms with Gasteiger partial charge in [-0.15, -0.1) is 11.3 Å². The maximum Gasteiger partial charge on any atom is 0.263 e. The largest absolute Gasteiger partial charge is 0.324 e. The number of aryl methyl sites for hydroxylation is 2. The van der Waals surface area contributed by atoms with E-state index in [9.17, 15) is 9.59 Å². The molecule has 1 aromatic carbocycles. The molecule has 0 unspecified atom stereocenters. The molecule has 1 N–H and O–H groups in total. The lowest BCUT2D eigenvalue weighted by Gasteiger charge is -2.15. The first-order valence-corrected chi connectivity index (χ1v) is 9.09. The summed E-state index contributed by atoms with van der Waals surface area (Å²) in [5.41, 5.74) is 1.15. The minimum absolute atomic E-state index is 0.223. The third-order valence-electron chi connectivity index (χ3n) is 4.04. The fraction of sp³-hybridized carbons (Fsp3) is 0.235. The molecule has 0 saturated heterocycles. The first-order valence-electron chi connectivity index (χ1n) is 7.51. The summed E-state index contributed by atoms with van der Waals surface area (Å²) in [6, 6.07) is 4.02. The summed E-state index contributed by atoms with van der Waals surface area (Å²) in [5, 5.41) is 4.12. The lowest BCUT2D eigenvalue weighted by atomic mass is 10.2. The maximum atomic E-state index is 12.8. The van der Waals surface area contributed by atoms with E-state index in [1.807, 2.05) is 13.8 Å². The first-order chi connectivity index (χ1) is 11.8. The normalized spacial score (nSPS) is 12.4. The number of hydrogen-bond donors (Lipinski definition) is 1. The lowest BCUT2D eigenvalue weighted by molar-refractivity contribution is -0.118. The second-order valence-electron chi connectivity index (χ2n) is 5.74. The number of nitrogens with one attached hydrogen (secondary N) is 1. The minimum Gasteiger partial charge on any atom is -0.324 e. The summed E-state index contributed by atoms with van der Waals surface area (Å²) < 4.78 is 1.34. The first kappa shape index (κ1) is 17.9. The number of carbonyl (C=O) groups excluding carboxylic acids is 1. The van der Waals surface area contributed by atoms with Gasteiger partial charge in [0, 0.05) is 20.6 Å². The van der Waals surface area contributed by atoms with Crippen LogP contribution < -0.4 is 10.9 Å². The number of nitrogens with zero attached hydrogens (tertiary/aromatic N) is 2. The van der Waals surface area contributed by atoms with E-state index < -0.39 is 6.04 Å². The van der Waals surface area contributed by atoms with Gasteiger partial charge >= 0.3 is 0 Å². The van der Waals surface area contributed by atoms with Crippen LogP contribution in [0.4, 0.5) is 5.69 Å². The third kappa shape index (κ3) is 3.42. The van der Waals surface area contributed by atoms with Crippen LogP contribution in [0.2, 0.25) is 10.0 Å². The molecule has 3 aromatic rings. The summed E-state index contributed by atoms with van der Waals surface area (Å²) >= 11 is 13.4. The molecule has 0 aliphatic heterocycles. The molecule has 0 aliphatic rings. The van der Waals surface area contributed by atoms with Crippen LogP contribution in [-0.4, -0.2) is 15.5 Å². The Hall–Kier alpha value is -1.89. The molecule has 1 atom stereocenters. The number of benzene rings is 1. The summed E-state index contributed by atoms with van der Waals surface area (Å²) in [5.74, 6) is -0.355. The van der Waals surface area contributed by atoms with Gasteiger partial charge in [-0.1, -0.05) is 23.2 Å². The minimum atomic E-state index is -0.734. The number of fused-ring (bicyclic) bond motifs is 1. The average Bonchev–Trinajstić information content (AvgIpc) is 2.81. The van der Waals surface area contributed by atoms with Crippen molar-refractivity contribution in [2.45, 2.75) is 26.8 Å². The Bertz CT molecular complexity index is 1020. The number of amides is 1. The van der Waals surface area contributed by atoms with Gasteiger partial charge in [0.05, 0.1) is 11.7 Å². The van der Waals surface area contributed by atoms with Crippen molar-refractivity contribution < 1.29 is 4.79 Å². The molecule has 8 heteroatoms. The Balaban J connectivity index is 1.94. The van der Waals surface area contributed by atoms with E-state index in [2.05, 4.69) is 10.3 Å². The average molecular weight is 396 g/mol. The molecule has 0 bridgehead atoms. The summed E-state index contributed by atoms with van der Waals surface area (Å²) in [4.78, 5) is 31.4. The Labute approximate surface area is 158 Å². The van der Waals surface area contributed by atoms with E-state index in [1.165, 1.54) is 22.2 Å². The van der Waals surface area contributed by atoms with Crippen LogP contribution in [0, 0.1) is 13.8 Å². The van der Waals surface area contributed by atoms with Crippen LogP contribution in [0.5, 0.6) is 0 Å². The van der Waals surface area contributed by atoms with Gasteiger partial charge in [0.2, 0.25) is 5.91 Å². The SMILES string of the molecule is Cc1sc2ncn([C@H](C)C(=O)Nc3cc(Cl)cc(Cl)c3)c(=O)c2c1C. The highest BCUT2D eigenvalue weighted by Gasteiger charge is 2.20. The second-order valence-corrected chi connectivity index (χ2v) is 7.82. The predicted molar refractivity (Wildman–Crippen MR) is 103 cm³/mol. The van der Waals surface area contributed by atoms with Crippen LogP contribution in [-0.2, 0) is 4.79 Å². The lowest BCUT2D eigenvalue weighted by Crippen LogP contribution is -2.31. The standard InChI is InChI=1S/C17H15Cl2N3O2S/c1-8-10(3)25-16-14(8)17(24)22(7-20-16)9(2)15(23)21-13-5-11(18)4-12(19)6-13/h4-7,9H,1-3H3,(H,21,23)/t9-/m1/s1. The van der Waals surface area contributed by atoms with Gasteiger partial charge in [0.1, 0.15) is 10.9 Å². The zero-order valence-electron chi connectivity index (χ0n) is 13.8. The molecule has 5 nitrogen and oxygen atoms in total. The van der Waals surface area contributed by atoms with Crippen molar-refractivity contribution in [3.8, 4) is 0 Å². The van der Waals surface area contributed by atoms with Crippen LogP contribution in [0.1, 0.15) is 23.4 Å². The topological polar surface area (TPSA) is 64.0 Å². The van der Waals surface area contributed by atoms with Crippen LogP contribution in [0.3, 0.4) is 0 Å². The molecule has 0 aliphatic carbocycles. The fourth-order valence-corrected chi connectivity index (χ4v) is 4.04. The number of halogens is 2. The molecular formula is C17H15Cl2N3O2S. The summed E-state index contributed by atoms with van der Waals surface area (Å²) in [7, 11) is 0. The molecule has 0 spiro atoms. The van der Waals surface area contributed by atoms with Crippen molar-refractivity contribution in [1.82, 2.24) is 9.55 Å². The monoisotopic (exact) mass is 395 g/mol. The zero-order chi connectivity index (χ0) is 18.3. The summed E-state index contributed by atoms with van der Waals surface area (Å²) in [6.45, 7) is 5.48. The Morgan fingerprint density at radius 2 is 1.88 bits per heavy atom. The van der Waals surface area contributed by atoms with Gasteiger partial charge in [0.15, 0.2) is 0 Å². The van der Waals surface area contributed by atoms with Crippen molar-refractivity contribution in [2.24, 2.45) is 0 Å². The van der Waals surface area contributed by atoms with E-state index in [0.29, 0.717) is 25.9 Å². The quantitative estimate of drug-likeness (QED) is 0.705. The molecule has 0 radical (unpaired) electrons. The van der Waals surface area contributed by atoms with Crippen LogP contribution >= 0.6 is 34.5 Å². The molecule has 1 amide bonds. The van der Waals surface area contributed by atoms with Crippen molar-refractivity contribution >= 4 is 56.3 Å². The Morgan fingerprint density at radius 1 is 1.24 bits per heavy atom. The second kappa shape index (κ2) is 6.78. The maximum absolute atomic E-state index is 12.8. The van der Waals surface area contributed by atoms with E-state index in [-0.39, 0.29) is 11.5 Å². The van der Waals surface area contributed by atoms with Crippen molar-refractivity contribution in [2.75, 3.05) is 5.32 Å². The molecule has 0 saturated carbocycles. The molecule has 2 aromatic heterocycles.